The van der Waals surface area contributed by atoms with Crippen LogP contribution < -0.4 is 0 Å². The average molecular weight is 237 g/mol. The Bertz CT molecular complexity index is 149. The average Bonchev–Trinajstić information content (AvgIpc) is 1.84. The number of alkyl halides is 1. The van der Waals surface area contributed by atoms with Gasteiger partial charge in [0.25, 0.3) is 0 Å². The first-order valence-electron chi connectivity index (χ1n) is 4.20. The minimum atomic E-state index is -0.705. The molecule has 72 valence electrons. The summed E-state index contributed by atoms with van der Waals surface area (Å²) in [5.74, 6) is -0.705. The summed E-state index contributed by atoms with van der Waals surface area (Å²) in [5.41, 5.74) is 0.221. The zero-order chi connectivity index (χ0) is 9.78. The Hall–Kier alpha value is -0.0500. The summed E-state index contributed by atoms with van der Waals surface area (Å²) in [7, 11) is 0. The third-order valence-corrected chi connectivity index (χ3v) is 3.62. The second kappa shape index (κ2) is 4.85. The van der Waals surface area contributed by atoms with Crippen molar-refractivity contribution in [2.75, 3.05) is 0 Å². The maximum Gasteiger partial charge on any atom is 0.303 e. The van der Waals surface area contributed by atoms with Crippen LogP contribution in [0, 0.1) is 5.41 Å². The van der Waals surface area contributed by atoms with E-state index in [1.807, 2.05) is 0 Å². The molecule has 0 aliphatic carbocycles. The number of hydrogen-bond donors (Lipinski definition) is 1. The number of carbonyl (C=O) groups is 1. The van der Waals surface area contributed by atoms with Gasteiger partial charge in [-0.3, -0.25) is 4.79 Å². The van der Waals surface area contributed by atoms with Crippen LogP contribution in [0.25, 0.3) is 0 Å². The fraction of sp³-hybridized carbons (Fsp3) is 0.889. The fourth-order valence-electron chi connectivity index (χ4n) is 0.866. The molecule has 0 rings (SSSR count). The first-order valence-corrected chi connectivity index (χ1v) is 5.11. The van der Waals surface area contributed by atoms with Gasteiger partial charge in [0.1, 0.15) is 0 Å². The Labute approximate surface area is 82.5 Å². The molecule has 12 heavy (non-hydrogen) atoms. The van der Waals surface area contributed by atoms with Gasteiger partial charge < -0.3 is 5.11 Å². The van der Waals surface area contributed by atoms with Gasteiger partial charge in [0, 0.05) is 11.2 Å². The van der Waals surface area contributed by atoms with Crippen LogP contribution in [-0.2, 0) is 4.79 Å². The van der Waals surface area contributed by atoms with E-state index in [4.69, 9.17) is 5.11 Å². The Balaban J connectivity index is 3.58. The molecule has 0 aromatic carbocycles. The van der Waals surface area contributed by atoms with E-state index in [1.165, 1.54) is 0 Å². The van der Waals surface area contributed by atoms with Crippen molar-refractivity contribution in [2.45, 2.75) is 44.9 Å². The molecule has 0 heterocycles. The van der Waals surface area contributed by atoms with Gasteiger partial charge >= 0.3 is 5.97 Å². The lowest BCUT2D eigenvalue weighted by molar-refractivity contribution is -0.137. The van der Waals surface area contributed by atoms with E-state index in [-0.39, 0.29) is 11.8 Å². The smallest absolute Gasteiger partial charge is 0.303 e. The molecule has 3 heteroatoms. The molecule has 0 aromatic rings. The van der Waals surface area contributed by atoms with E-state index in [2.05, 4.69) is 36.7 Å². The van der Waals surface area contributed by atoms with Crippen LogP contribution in [-0.4, -0.2) is 15.9 Å². The Morgan fingerprint density at radius 2 is 2.00 bits per heavy atom. The van der Waals surface area contributed by atoms with Gasteiger partial charge in [-0.2, -0.15) is 0 Å². The highest BCUT2D eigenvalue weighted by Crippen LogP contribution is 2.29. The van der Waals surface area contributed by atoms with Crippen LogP contribution in [0.2, 0.25) is 0 Å². The van der Waals surface area contributed by atoms with E-state index >= 15 is 0 Å². The fourth-order valence-corrected chi connectivity index (χ4v) is 1.19. The van der Waals surface area contributed by atoms with E-state index in [0.717, 1.165) is 12.8 Å². The summed E-state index contributed by atoms with van der Waals surface area (Å²) in [4.78, 5) is 10.6. The quantitative estimate of drug-likeness (QED) is 0.763. The maximum atomic E-state index is 10.2. The molecule has 1 unspecified atom stereocenters. The van der Waals surface area contributed by atoms with Gasteiger partial charge in [-0.1, -0.05) is 36.7 Å². The van der Waals surface area contributed by atoms with Gasteiger partial charge in [0.05, 0.1) is 0 Å². The van der Waals surface area contributed by atoms with Crippen molar-refractivity contribution in [3.8, 4) is 0 Å². The first-order chi connectivity index (χ1) is 5.34. The van der Waals surface area contributed by atoms with Crippen molar-refractivity contribution in [2.24, 2.45) is 5.41 Å². The van der Waals surface area contributed by atoms with Crippen molar-refractivity contribution in [1.29, 1.82) is 0 Å². The molecular weight excluding hydrogens is 220 g/mol. The molecule has 0 saturated carbocycles. The molecule has 0 amide bonds. The molecule has 1 atom stereocenters. The van der Waals surface area contributed by atoms with Crippen LogP contribution >= 0.6 is 15.9 Å². The minimum Gasteiger partial charge on any atom is -0.481 e. The number of aliphatic carboxylic acids is 1. The Morgan fingerprint density at radius 3 is 2.33 bits per heavy atom. The molecule has 0 aliphatic rings. The molecule has 0 spiro atoms. The highest BCUT2D eigenvalue weighted by Gasteiger charge is 2.21. The molecule has 0 aliphatic heterocycles. The van der Waals surface area contributed by atoms with Crippen LogP contribution in [0.4, 0.5) is 0 Å². The van der Waals surface area contributed by atoms with E-state index in [0.29, 0.717) is 4.83 Å². The molecule has 2 nitrogen and oxygen atoms in total. The van der Waals surface area contributed by atoms with Crippen molar-refractivity contribution < 1.29 is 9.90 Å². The maximum absolute atomic E-state index is 10.2. The van der Waals surface area contributed by atoms with Gasteiger partial charge in [0.15, 0.2) is 0 Å². The zero-order valence-electron chi connectivity index (χ0n) is 7.93. The van der Waals surface area contributed by atoms with Crippen molar-refractivity contribution in [3.63, 3.8) is 0 Å². The van der Waals surface area contributed by atoms with Crippen molar-refractivity contribution in [3.05, 3.63) is 0 Å². The van der Waals surface area contributed by atoms with Crippen LogP contribution in [0.1, 0.15) is 40.0 Å². The third kappa shape index (κ3) is 5.58. The predicted octanol–water partition coefficient (Wildman–Crippen LogP) is 3.05. The molecule has 0 saturated heterocycles. The lowest BCUT2D eigenvalue weighted by Crippen LogP contribution is -2.20. The van der Waals surface area contributed by atoms with Gasteiger partial charge in [-0.25, -0.2) is 0 Å². The van der Waals surface area contributed by atoms with E-state index in [1.54, 1.807) is 0 Å². The molecule has 0 radical (unpaired) electrons. The number of rotatable bonds is 4. The van der Waals surface area contributed by atoms with Gasteiger partial charge in [-0.15, -0.1) is 0 Å². The standard InChI is InChI=1S/C9H17BrO2/c1-9(2,3)7(10)5-4-6-8(11)12/h7H,4-6H2,1-3H3,(H,11,12). The molecule has 0 fully saturated rings. The summed E-state index contributed by atoms with van der Waals surface area (Å²) in [5, 5.41) is 8.41. The number of carboxylic acid groups (broad SMARTS) is 1. The summed E-state index contributed by atoms with van der Waals surface area (Å²) in [6.45, 7) is 6.44. The first kappa shape index (κ1) is 11.9. The number of halogens is 1. The number of hydrogen-bond acceptors (Lipinski definition) is 1. The highest BCUT2D eigenvalue weighted by molar-refractivity contribution is 9.09. The topological polar surface area (TPSA) is 37.3 Å². The Kier molecular flexibility index (Phi) is 4.83. The minimum absolute atomic E-state index is 0.221. The normalized spacial score (nSPS) is 14.3. The summed E-state index contributed by atoms with van der Waals surface area (Å²) in [6, 6.07) is 0. The summed E-state index contributed by atoms with van der Waals surface area (Å²) < 4.78 is 0. The zero-order valence-corrected chi connectivity index (χ0v) is 9.52. The molecule has 0 aromatic heterocycles. The molecule has 1 N–H and O–H groups in total. The lowest BCUT2D eigenvalue weighted by atomic mass is 9.89. The molecule has 0 bridgehead atoms. The van der Waals surface area contributed by atoms with Crippen LogP contribution in [0.15, 0.2) is 0 Å². The summed E-state index contributed by atoms with van der Waals surface area (Å²) >= 11 is 3.56. The van der Waals surface area contributed by atoms with Crippen LogP contribution in [0.5, 0.6) is 0 Å². The largest absolute Gasteiger partial charge is 0.481 e. The van der Waals surface area contributed by atoms with Crippen molar-refractivity contribution >= 4 is 21.9 Å². The second-order valence-corrected chi connectivity index (χ2v) is 5.22. The predicted molar refractivity (Wildman–Crippen MR) is 53.7 cm³/mol. The summed E-state index contributed by atoms with van der Waals surface area (Å²) in [6.07, 6.45) is 1.95. The van der Waals surface area contributed by atoms with Gasteiger partial charge in [0.2, 0.25) is 0 Å². The van der Waals surface area contributed by atoms with E-state index in [9.17, 15) is 4.79 Å². The Morgan fingerprint density at radius 1 is 1.50 bits per heavy atom. The van der Waals surface area contributed by atoms with E-state index < -0.39 is 5.97 Å². The monoisotopic (exact) mass is 236 g/mol. The van der Waals surface area contributed by atoms with Gasteiger partial charge in [-0.05, 0) is 18.3 Å². The third-order valence-electron chi connectivity index (χ3n) is 1.79. The molecular formula is C9H17BrO2. The van der Waals surface area contributed by atoms with Crippen molar-refractivity contribution in [1.82, 2.24) is 0 Å². The SMILES string of the molecule is CC(C)(C)C(Br)CCCC(=O)O. The highest BCUT2D eigenvalue weighted by atomic mass is 79.9. The second-order valence-electron chi connectivity index (χ2n) is 4.12. The van der Waals surface area contributed by atoms with Crippen LogP contribution in [0.3, 0.4) is 0 Å². The number of carboxylic acids is 1. The lowest BCUT2D eigenvalue weighted by Gasteiger charge is -2.25.